The summed E-state index contributed by atoms with van der Waals surface area (Å²) in [6.07, 6.45) is 0. The third-order valence-electron chi connectivity index (χ3n) is 3.62. The predicted molar refractivity (Wildman–Crippen MR) is 104 cm³/mol. The highest BCUT2D eigenvalue weighted by atomic mass is 32.2. The molecule has 0 unspecified atom stereocenters. The number of benzene rings is 3. The SMILES string of the molecule is COc1cccc(Sc2cccc(Sc3ccc(C)cc3)c2C#N)c1. The summed E-state index contributed by atoms with van der Waals surface area (Å²) in [4.78, 5) is 4.10. The van der Waals surface area contributed by atoms with E-state index in [2.05, 4.69) is 37.3 Å². The Morgan fingerprint density at radius 1 is 0.840 bits per heavy atom. The first-order valence-corrected chi connectivity index (χ1v) is 9.42. The molecule has 0 aliphatic rings. The quantitative estimate of drug-likeness (QED) is 0.542. The summed E-state index contributed by atoms with van der Waals surface area (Å²) >= 11 is 3.20. The topological polar surface area (TPSA) is 33.0 Å². The van der Waals surface area contributed by atoms with Crippen molar-refractivity contribution < 1.29 is 4.74 Å². The summed E-state index contributed by atoms with van der Waals surface area (Å²) < 4.78 is 5.28. The van der Waals surface area contributed by atoms with Crippen LogP contribution in [0.15, 0.2) is 86.3 Å². The van der Waals surface area contributed by atoms with Crippen molar-refractivity contribution in [1.29, 1.82) is 5.26 Å². The van der Waals surface area contributed by atoms with E-state index in [0.29, 0.717) is 5.56 Å². The van der Waals surface area contributed by atoms with E-state index in [1.54, 1.807) is 30.6 Å². The lowest BCUT2D eigenvalue weighted by Gasteiger charge is -2.10. The van der Waals surface area contributed by atoms with Gasteiger partial charge in [-0.25, -0.2) is 0 Å². The average molecular weight is 364 g/mol. The van der Waals surface area contributed by atoms with Crippen LogP contribution in [0.5, 0.6) is 5.75 Å². The van der Waals surface area contributed by atoms with Gasteiger partial charge in [0, 0.05) is 19.6 Å². The molecule has 3 rings (SSSR count). The summed E-state index contributed by atoms with van der Waals surface area (Å²) in [6, 6.07) is 24.6. The molecule has 0 aliphatic heterocycles. The van der Waals surface area contributed by atoms with Gasteiger partial charge >= 0.3 is 0 Å². The number of methoxy groups -OCH3 is 1. The van der Waals surface area contributed by atoms with Crippen molar-refractivity contribution in [2.45, 2.75) is 26.5 Å². The normalized spacial score (nSPS) is 10.3. The summed E-state index contributed by atoms with van der Waals surface area (Å²) in [7, 11) is 1.66. The van der Waals surface area contributed by atoms with Crippen molar-refractivity contribution in [1.82, 2.24) is 0 Å². The largest absolute Gasteiger partial charge is 0.497 e. The molecule has 25 heavy (non-hydrogen) atoms. The van der Waals surface area contributed by atoms with Gasteiger partial charge in [0.25, 0.3) is 0 Å². The van der Waals surface area contributed by atoms with Crippen LogP contribution in [-0.2, 0) is 0 Å². The molecule has 3 aromatic rings. The van der Waals surface area contributed by atoms with E-state index in [0.717, 1.165) is 25.3 Å². The first-order chi connectivity index (χ1) is 12.2. The highest BCUT2D eigenvalue weighted by Crippen LogP contribution is 2.38. The first-order valence-electron chi connectivity index (χ1n) is 7.79. The van der Waals surface area contributed by atoms with Crippen LogP contribution in [0, 0.1) is 18.3 Å². The fraction of sp³-hybridized carbons (Fsp3) is 0.0952. The maximum Gasteiger partial charge on any atom is 0.119 e. The predicted octanol–water partition coefficient (Wildman–Crippen LogP) is 6.18. The first kappa shape index (κ1) is 17.5. The van der Waals surface area contributed by atoms with Gasteiger partial charge < -0.3 is 4.74 Å². The van der Waals surface area contributed by atoms with Crippen molar-refractivity contribution >= 4 is 23.5 Å². The van der Waals surface area contributed by atoms with Crippen LogP contribution in [0.2, 0.25) is 0 Å². The fourth-order valence-corrected chi connectivity index (χ4v) is 4.29. The number of hydrogen-bond donors (Lipinski definition) is 0. The molecule has 0 amide bonds. The van der Waals surface area contributed by atoms with Crippen LogP contribution < -0.4 is 4.74 Å². The van der Waals surface area contributed by atoms with Crippen LogP contribution in [-0.4, -0.2) is 7.11 Å². The number of nitrogens with zero attached hydrogens (tertiary/aromatic N) is 1. The zero-order valence-corrected chi connectivity index (χ0v) is 15.7. The lowest BCUT2D eigenvalue weighted by molar-refractivity contribution is 0.413. The van der Waals surface area contributed by atoms with Crippen LogP contribution in [0.3, 0.4) is 0 Å². The molecule has 4 heteroatoms. The molecule has 3 aromatic carbocycles. The lowest BCUT2D eigenvalue weighted by Crippen LogP contribution is -1.87. The lowest BCUT2D eigenvalue weighted by atomic mass is 10.2. The second kappa shape index (κ2) is 8.15. The minimum atomic E-state index is 0.709. The maximum absolute atomic E-state index is 9.70. The standard InChI is InChI=1S/C21H17NOS2/c1-15-9-11-17(12-10-15)24-20-7-4-8-21(19(20)14-22)25-18-6-3-5-16(13-18)23-2/h3-13H,1-2H3. The van der Waals surface area contributed by atoms with E-state index in [1.165, 1.54) is 5.56 Å². The average Bonchev–Trinajstić information content (AvgIpc) is 2.64. The zero-order valence-electron chi connectivity index (χ0n) is 14.0. The van der Waals surface area contributed by atoms with Crippen LogP contribution in [0.25, 0.3) is 0 Å². The Morgan fingerprint density at radius 3 is 2.12 bits per heavy atom. The second-order valence-electron chi connectivity index (χ2n) is 5.44. The molecule has 124 valence electrons. The van der Waals surface area contributed by atoms with Crippen molar-refractivity contribution in [3.05, 3.63) is 77.9 Å². The molecular formula is C21H17NOS2. The van der Waals surface area contributed by atoms with E-state index in [4.69, 9.17) is 4.74 Å². The van der Waals surface area contributed by atoms with Crippen molar-refractivity contribution in [2.24, 2.45) is 0 Å². The highest BCUT2D eigenvalue weighted by molar-refractivity contribution is 8.00. The van der Waals surface area contributed by atoms with E-state index < -0.39 is 0 Å². The molecular weight excluding hydrogens is 346 g/mol. The van der Waals surface area contributed by atoms with E-state index in [1.807, 2.05) is 42.5 Å². The number of hydrogen-bond acceptors (Lipinski definition) is 4. The number of rotatable bonds is 5. The van der Waals surface area contributed by atoms with Crippen molar-refractivity contribution in [2.75, 3.05) is 7.11 Å². The number of nitriles is 1. The van der Waals surface area contributed by atoms with E-state index in [-0.39, 0.29) is 0 Å². The Bertz CT molecular complexity index is 914. The molecule has 0 fully saturated rings. The molecule has 0 saturated carbocycles. The molecule has 0 spiro atoms. The fourth-order valence-electron chi connectivity index (χ4n) is 2.32. The highest BCUT2D eigenvalue weighted by Gasteiger charge is 2.11. The van der Waals surface area contributed by atoms with Gasteiger partial charge in [-0.15, -0.1) is 0 Å². The second-order valence-corrected chi connectivity index (χ2v) is 7.67. The van der Waals surface area contributed by atoms with E-state index >= 15 is 0 Å². The molecule has 0 atom stereocenters. The van der Waals surface area contributed by atoms with Crippen LogP contribution in [0.4, 0.5) is 0 Å². The van der Waals surface area contributed by atoms with Crippen molar-refractivity contribution in [3.63, 3.8) is 0 Å². The van der Waals surface area contributed by atoms with Gasteiger partial charge in [-0.05, 0) is 49.4 Å². The Hall–Kier alpha value is -2.35. The summed E-state index contributed by atoms with van der Waals surface area (Å²) in [5.41, 5.74) is 1.94. The maximum atomic E-state index is 9.70. The molecule has 0 aliphatic carbocycles. The van der Waals surface area contributed by atoms with Crippen LogP contribution >= 0.6 is 23.5 Å². The monoisotopic (exact) mass is 363 g/mol. The van der Waals surface area contributed by atoms with Gasteiger partial charge in [0.1, 0.15) is 11.8 Å². The number of ether oxygens (including phenoxy) is 1. The Balaban J connectivity index is 1.90. The molecule has 0 bridgehead atoms. The van der Waals surface area contributed by atoms with Gasteiger partial charge in [-0.3, -0.25) is 0 Å². The molecule has 0 aromatic heterocycles. The Labute approximate surface area is 156 Å². The third-order valence-corrected chi connectivity index (χ3v) is 5.74. The molecule has 0 N–H and O–H groups in total. The summed E-state index contributed by atoms with van der Waals surface area (Å²) in [5, 5.41) is 9.70. The van der Waals surface area contributed by atoms with Crippen molar-refractivity contribution in [3.8, 4) is 11.8 Å². The molecule has 2 nitrogen and oxygen atoms in total. The summed E-state index contributed by atoms with van der Waals surface area (Å²) in [5.74, 6) is 0.814. The van der Waals surface area contributed by atoms with Crippen LogP contribution in [0.1, 0.15) is 11.1 Å². The summed E-state index contributed by atoms with van der Waals surface area (Å²) in [6.45, 7) is 2.07. The molecule has 0 radical (unpaired) electrons. The van der Waals surface area contributed by atoms with Gasteiger partial charge in [0.2, 0.25) is 0 Å². The smallest absolute Gasteiger partial charge is 0.119 e. The third kappa shape index (κ3) is 4.39. The van der Waals surface area contributed by atoms with Gasteiger partial charge in [0.05, 0.1) is 12.7 Å². The number of aryl methyl sites for hydroxylation is 1. The zero-order chi connectivity index (χ0) is 17.6. The molecule has 0 heterocycles. The van der Waals surface area contributed by atoms with Gasteiger partial charge in [-0.2, -0.15) is 5.26 Å². The Morgan fingerprint density at radius 2 is 1.48 bits per heavy atom. The minimum Gasteiger partial charge on any atom is -0.497 e. The molecule has 0 saturated heterocycles. The van der Waals surface area contributed by atoms with Gasteiger partial charge in [0.15, 0.2) is 0 Å². The van der Waals surface area contributed by atoms with E-state index in [9.17, 15) is 5.26 Å². The Kier molecular flexibility index (Phi) is 5.70. The van der Waals surface area contributed by atoms with Gasteiger partial charge in [-0.1, -0.05) is 53.4 Å². The minimum absolute atomic E-state index is 0.709.